The van der Waals surface area contributed by atoms with E-state index in [0.29, 0.717) is 22.2 Å². The van der Waals surface area contributed by atoms with Gasteiger partial charge in [-0.2, -0.15) is 5.10 Å². The zero-order chi connectivity index (χ0) is 13.8. The highest BCUT2D eigenvalue weighted by atomic mass is 35.5. The summed E-state index contributed by atoms with van der Waals surface area (Å²) in [4.78, 5) is 0. The van der Waals surface area contributed by atoms with Gasteiger partial charge in [0.15, 0.2) is 10.6 Å². The molecular formula is C13H16ClN3OS. The van der Waals surface area contributed by atoms with Crippen molar-refractivity contribution in [2.45, 2.75) is 32.9 Å². The Kier molecular flexibility index (Phi) is 4.61. The Hall–Kier alpha value is -1.33. The third kappa shape index (κ3) is 3.16. The molecule has 1 atom stereocenters. The fraction of sp³-hybridized carbons (Fsp3) is 0.385. The van der Waals surface area contributed by atoms with Crippen LogP contribution in [-0.4, -0.2) is 14.8 Å². The summed E-state index contributed by atoms with van der Waals surface area (Å²) >= 11 is 11.3. The predicted molar refractivity (Wildman–Crippen MR) is 78.2 cm³/mol. The first-order valence-corrected chi connectivity index (χ1v) is 6.95. The molecule has 0 spiro atoms. The summed E-state index contributed by atoms with van der Waals surface area (Å²) < 4.78 is 8.29. The van der Waals surface area contributed by atoms with E-state index >= 15 is 0 Å². The van der Waals surface area contributed by atoms with Crippen molar-refractivity contribution in [3.8, 4) is 5.75 Å². The summed E-state index contributed by atoms with van der Waals surface area (Å²) in [5.74, 6) is 1.42. The molecule has 1 heterocycles. The van der Waals surface area contributed by atoms with Gasteiger partial charge in [0.2, 0.25) is 0 Å². The maximum absolute atomic E-state index is 6.04. The first-order chi connectivity index (χ1) is 9.13. The minimum absolute atomic E-state index is 0.288. The Morgan fingerprint density at radius 2 is 2.21 bits per heavy atom. The summed E-state index contributed by atoms with van der Waals surface area (Å²) in [5, 5.41) is 7.60. The summed E-state index contributed by atoms with van der Waals surface area (Å²) in [5.41, 5.74) is 0. The highest BCUT2D eigenvalue weighted by Gasteiger charge is 2.12. The standard InChI is InChI=1S/C13H16ClN3OS/c1-3-9(2)17-12(15-16-13(17)19)8-18-11-7-5-4-6-10(11)14/h4-7,9H,3,8H2,1-2H3,(H,16,19). The number of nitrogens with one attached hydrogen (secondary N) is 1. The Morgan fingerprint density at radius 1 is 1.47 bits per heavy atom. The van der Waals surface area contributed by atoms with Crippen LogP contribution in [0.1, 0.15) is 32.1 Å². The number of benzene rings is 1. The molecule has 6 heteroatoms. The third-order valence-electron chi connectivity index (χ3n) is 3.00. The van der Waals surface area contributed by atoms with Crippen molar-refractivity contribution >= 4 is 23.8 Å². The molecule has 4 nitrogen and oxygen atoms in total. The Bertz CT molecular complexity index is 608. The van der Waals surface area contributed by atoms with E-state index in [-0.39, 0.29) is 6.04 Å². The van der Waals surface area contributed by atoms with E-state index in [1.54, 1.807) is 6.07 Å². The Morgan fingerprint density at radius 3 is 2.89 bits per heavy atom. The van der Waals surface area contributed by atoms with Crippen LogP contribution in [0.25, 0.3) is 0 Å². The number of nitrogens with zero attached hydrogens (tertiary/aromatic N) is 2. The maximum Gasteiger partial charge on any atom is 0.195 e. The van der Waals surface area contributed by atoms with E-state index in [1.807, 2.05) is 22.8 Å². The molecule has 0 saturated heterocycles. The van der Waals surface area contributed by atoms with Crippen LogP contribution in [-0.2, 0) is 6.61 Å². The van der Waals surface area contributed by atoms with E-state index in [2.05, 4.69) is 24.0 Å². The fourth-order valence-corrected chi connectivity index (χ4v) is 2.30. The normalized spacial score (nSPS) is 12.4. The zero-order valence-corrected chi connectivity index (χ0v) is 12.5. The van der Waals surface area contributed by atoms with Crippen LogP contribution in [0.3, 0.4) is 0 Å². The van der Waals surface area contributed by atoms with Gasteiger partial charge in [-0.25, -0.2) is 0 Å². The number of H-pyrrole nitrogens is 1. The molecule has 102 valence electrons. The van der Waals surface area contributed by atoms with Gasteiger partial charge in [-0.15, -0.1) is 0 Å². The summed E-state index contributed by atoms with van der Waals surface area (Å²) in [6, 6.07) is 7.66. The van der Waals surface area contributed by atoms with Crippen molar-refractivity contribution in [1.29, 1.82) is 0 Å². The molecule has 19 heavy (non-hydrogen) atoms. The molecule has 0 aliphatic rings. The monoisotopic (exact) mass is 297 g/mol. The van der Waals surface area contributed by atoms with Crippen LogP contribution >= 0.6 is 23.8 Å². The molecule has 2 aromatic rings. The topological polar surface area (TPSA) is 42.8 Å². The molecule has 0 radical (unpaired) electrons. The zero-order valence-electron chi connectivity index (χ0n) is 10.9. The number of aromatic amines is 1. The van der Waals surface area contributed by atoms with Crippen LogP contribution in [0.5, 0.6) is 5.75 Å². The summed E-state index contributed by atoms with van der Waals surface area (Å²) in [7, 11) is 0. The Balaban J connectivity index is 2.17. The highest BCUT2D eigenvalue weighted by molar-refractivity contribution is 7.71. The SMILES string of the molecule is CCC(C)n1c(COc2ccccc2Cl)n[nH]c1=S. The molecule has 0 amide bonds. The first kappa shape index (κ1) is 14.1. The molecule has 1 aromatic heterocycles. The van der Waals surface area contributed by atoms with Gasteiger partial charge >= 0.3 is 0 Å². The summed E-state index contributed by atoms with van der Waals surface area (Å²) in [6.07, 6.45) is 0.979. The molecule has 0 bridgehead atoms. The van der Waals surface area contributed by atoms with E-state index in [0.717, 1.165) is 12.2 Å². The van der Waals surface area contributed by atoms with Gasteiger partial charge in [-0.05, 0) is 37.7 Å². The van der Waals surface area contributed by atoms with Crippen LogP contribution in [0.15, 0.2) is 24.3 Å². The average molecular weight is 298 g/mol. The van der Waals surface area contributed by atoms with E-state index < -0.39 is 0 Å². The molecule has 0 aliphatic heterocycles. The Labute approximate surface area is 122 Å². The third-order valence-corrected chi connectivity index (χ3v) is 3.60. The van der Waals surface area contributed by atoms with Crippen LogP contribution in [0.2, 0.25) is 5.02 Å². The lowest BCUT2D eigenvalue weighted by Crippen LogP contribution is -2.11. The second kappa shape index (κ2) is 6.21. The molecular weight excluding hydrogens is 282 g/mol. The number of rotatable bonds is 5. The van der Waals surface area contributed by atoms with E-state index in [9.17, 15) is 0 Å². The number of ether oxygens (including phenoxy) is 1. The van der Waals surface area contributed by atoms with Gasteiger partial charge in [0.05, 0.1) is 5.02 Å². The van der Waals surface area contributed by atoms with Crippen LogP contribution in [0.4, 0.5) is 0 Å². The molecule has 1 unspecified atom stereocenters. The molecule has 0 fully saturated rings. The number of aromatic nitrogens is 3. The minimum Gasteiger partial charge on any atom is -0.484 e. The van der Waals surface area contributed by atoms with E-state index in [4.69, 9.17) is 28.6 Å². The van der Waals surface area contributed by atoms with Crippen LogP contribution in [0, 0.1) is 4.77 Å². The molecule has 1 N–H and O–H groups in total. The summed E-state index contributed by atoms with van der Waals surface area (Å²) in [6.45, 7) is 4.55. The minimum atomic E-state index is 0.288. The van der Waals surface area contributed by atoms with Gasteiger partial charge in [0.25, 0.3) is 0 Å². The smallest absolute Gasteiger partial charge is 0.195 e. The van der Waals surface area contributed by atoms with Crippen molar-refractivity contribution in [3.63, 3.8) is 0 Å². The highest BCUT2D eigenvalue weighted by Crippen LogP contribution is 2.24. The fourth-order valence-electron chi connectivity index (χ4n) is 1.78. The quantitative estimate of drug-likeness (QED) is 0.843. The van der Waals surface area contributed by atoms with Gasteiger partial charge < -0.3 is 4.74 Å². The molecule has 2 rings (SSSR count). The van der Waals surface area contributed by atoms with Gasteiger partial charge in [0.1, 0.15) is 12.4 Å². The van der Waals surface area contributed by atoms with Crippen LogP contribution < -0.4 is 4.74 Å². The number of halogens is 1. The molecule has 0 aliphatic carbocycles. The van der Waals surface area contributed by atoms with E-state index in [1.165, 1.54) is 0 Å². The lowest BCUT2D eigenvalue weighted by atomic mass is 10.2. The van der Waals surface area contributed by atoms with Crippen molar-refractivity contribution in [3.05, 3.63) is 39.9 Å². The van der Waals surface area contributed by atoms with Gasteiger partial charge in [-0.1, -0.05) is 30.7 Å². The van der Waals surface area contributed by atoms with Gasteiger partial charge in [0, 0.05) is 6.04 Å². The van der Waals surface area contributed by atoms with Gasteiger partial charge in [-0.3, -0.25) is 9.67 Å². The lowest BCUT2D eigenvalue weighted by Gasteiger charge is -2.14. The number of hydrogen-bond donors (Lipinski definition) is 1. The maximum atomic E-state index is 6.04. The second-order valence-corrected chi connectivity index (χ2v) is 5.09. The number of hydrogen-bond acceptors (Lipinski definition) is 3. The van der Waals surface area contributed by atoms with Crippen molar-refractivity contribution < 1.29 is 4.74 Å². The second-order valence-electron chi connectivity index (χ2n) is 4.29. The van der Waals surface area contributed by atoms with Crippen molar-refractivity contribution in [1.82, 2.24) is 14.8 Å². The van der Waals surface area contributed by atoms with Crippen molar-refractivity contribution in [2.24, 2.45) is 0 Å². The first-order valence-electron chi connectivity index (χ1n) is 6.16. The molecule has 0 saturated carbocycles. The van der Waals surface area contributed by atoms with Crippen molar-refractivity contribution in [2.75, 3.05) is 0 Å². The predicted octanol–water partition coefficient (Wildman–Crippen LogP) is 4.14. The largest absolute Gasteiger partial charge is 0.484 e. The molecule has 1 aromatic carbocycles. The lowest BCUT2D eigenvalue weighted by molar-refractivity contribution is 0.284. The number of para-hydroxylation sites is 1. The average Bonchev–Trinajstić information content (AvgIpc) is 2.78.